The van der Waals surface area contributed by atoms with Gasteiger partial charge < -0.3 is 0 Å². The molecule has 1 aromatic carbocycles. The quantitative estimate of drug-likeness (QED) is 0.839. The van der Waals surface area contributed by atoms with Gasteiger partial charge in [0.25, 0.3) is 0 Å². The van der Waals surface area contributed by atoms with E-state index >= 15 is 0 Å². The predicted octanol–water partition coefficient (Wildman–Crippen LogP) is 3.55. The average Bonchev–Trinajstić information content (AvgIpc) is 3.00. The molecule has 1 unspecified atom stereocenters. The van der Waals surface area contributed by atoms with Crippen LogP contribution in [0, 0.1) is 4.78 Å². The highest BCUT2D eigenvalue weighted by Crippen LogP contribution is 2.34. The summed E-state index contributed by atoms with van der Waals surface area (Å²) >= 11 is 0. The Morgan fingerprint density at radius 1 is 1.19 bits per heavy atom. The number of benzene rings is 1. The first-order valence-electron chi connectivity index (χ1n) is 5.70. The second-order valence-corrected chi connectivity index (χ2v) is 7.91. The second-order valence-electron chi connectivity index (χ2n) is 5.57. The summed E-state index contributed by atoms with van der Waals surface area (Å²) in [6.07, 6.45) is 1.90. The molecule has 0 aromatic heterocycles. The van der Waals surface area contributed by atoms with E-state index in [-0.39, 0.29) is 10.7 Å². The van der Waals surface area contributed by atoms with Crippen molar-refractivity contribution in [1.29, 1.82) is 4.78 Å². The Labute approximate surface area is 98.0 Å². The summed E-state index contributed by atoms with van der Waals surface area (Å²) in [5.74, 6) is 0. The van der Waals surface area contributed by atoms with E-state index in [1.54, 1.807) is 0 Å². The molecule has 1 aromatic rings. The van der Waals surface area contributed by atoms with Crippen LogP contribution >= 0.6 is 0 Å². The van der Waals surface area contributed by atoms with Gasteiger partial charge in [-0.3, -0.25) is 0 Å². The molecule has 0 saturated heterocycles. The van der Waals surface area contributed by atoms with Crippen LogP contribution in [-0.4, -0.2) is 9.46 Å². The largest absolute Gasteiger partial charge is 0.249 e. The predicted molar refractivity (Wildman–Crippen MR) is 67.3 cm³/mol. The number of nitrogens with one attached hydrogen (secondary N) is 1. The first kappa shape index (κ1) is 11.6. The van der Waals surface area contributed by atoms with Crippen molar-refractivity contribution in [2.75, 3.05) is 0 Å². The van der Waals surface area contributed by atoms with Crippen LogP contribution in [0.4, 0.5) is 0 Å². The summed E-state index contributed by atoms with van der Waals surface area (Å²) in [5.41, 5.74) is 1.34. The third kappa shape index (κ3) is 2.14. The Balaban J connectivity index is 2.33. The molecule has 0 aliphatic heterocycles. The molecule has 0 amide bonds. The maximum absolute atomic E-state index is 12.2. The van der Waals surface area contributed by atoms with Crippen LogP contribution in [0.15, 0.2) is 29.2 Å². The first-order valence-corrected chi connectivity index (χ1v) is 7.32. The molecule has 16 heavy (non-hydrogen) atoms. The maximum atomic E-state index is 12.2. The summed E-state index contributed by atoms with van der Waals surface area (Å²) in [5, 5.41) is 0.105. The minimum absolute atomic E-state index is 0.105. The molecule has 1 N–H and O–H groups in total. The van der Waals surface area contributed by atoms with Gasteiger partial charge in [-0.15, -0.1) is 0 Å². The van der Waals surface area contributed by atoms with Gasteiger partial charge in [0.1, 0.15) is 0 Å². The maximum Gasteiger partial charge on any atom is 0.0755 e. The zero-order chi connectivity index (χ0) is 12.0. The van der Waals surface area contributed by atoms with Crippen molar-refractivity contribution in [1.82, 2.24) is 0 Å². The topological polar surface area (TPSA) is 40.9 Å². The van der Waals surface area contributed by atoms with Crippen LogP contribution in [-0.2, 0) is 15.1 Å². The van der Waals surface area contributed by atoms with Gasteiger partial charge in [-0.05, 0) is 36.0 Å². The minimum atomic E-state index is -2.53. The lowest BCUT2D eigenvalue weighted by Gasteiger charge is -2.19. The van der Waals surface area contributed by atoms with Crippen molar-refractivity contribution in [3.63, 3.8) is 0 Å². The Bertz CT molecular complexity index is 476. The van der Waals surface area contributed by atoms with E-state index in [2.05, 4.69) is 20.8 Å². The van der Waals surface area contributed by atoms with Crippen molar-refractivity contribution in [2.24, 2.45) is 0 Å². The zero-order valence-electron chi connectivity index (χ0n) is 10.1. The summed E-state index contributed by atoms with van der Waals surface area (Å²) < 4.78 is 20.1. The summed E-state index contributed by atoms with van der Waals surface area (Å²) in [7, 11) is -2.53. The average molecular weight is 237 g/mol. The van der Waals surface area contributed by atoms with Gasteiger partial charge in [0, 0.05) is 10.1 Å². The first-order chi connectivity index (χ1) is 7.32. The molecular weight excluding hydrogens is 218 g/mol. The Kier molecular flexibility index (Phi) is 2.61. The van der Waals surface area contributed by atoms with Crippen LogP contribution in [0.1, 0.15) is 39.2 Å². The van der Waals surface area contributed by atoms with E-state index in [9.17, 15) is 4.21 Å². The van der Waals surface area contributed by atoms with E-state index in [0.717, 1.165) is 12.8 Å². The molecule has 2 nitrogen and oxygen atoms in total. The van der Waals surface area contributed by atoms with Crippen molar-refractivity contribution in [3.8, 4) is 0 Å². The van der Waals surface area contributed by atoms with Gasteiger partial charge in [-0.25, -0.2) is 8.99 Å². The Hall–Kier alpha value is -0.830. The molecule has 0 bridgehead atoms. The van der Waals surface area contributed by atoms with Crippen LogP contribution in [0.2, 0.25) is 0 Å². The molecule has 1 aliphatic rings. The van der Waals surface area contributed by atoms with Crippen molar-refractivity contribution in [2.45, 2.75) is 49.2 Å². The SMILES string of the molecule is CC(C)(C)c1ccc(S(=N)(=O)C2CC2)cc1. The molecule has 1 atom stereocenters. The zero-order valence-corrected chi connectivity index (χ0v) is 10.9. The van der Waals surface area contributed by atoms with E-state index in [4.69, 9.17) is 4.78 Å². The van der Waals surface area contributed by atoms with Gasteiger partial charge in [0.2, 0.25) is 0 Å². The Morgan fingerprint density at radius 2 is 1.69 bits per heavy atom. The summed E-state index contributed by atoms with van der Waals surface area (Å²) in [6.45, 7) is 6.46. The lowest BCUT2D eigenvalue weighted by Crippen LogP contribution is -2.11. The molecule has 0 heterocycles. The number of hydrogen-bond acceptors (Lipinski definition) is 2. The van der Waals surface area contributed by atoms with Crippen LogP contribution in [0.5, 0.6) is 0 Å². The van der Waals surface area contributed by atoms with E-state index < -0.39 is 9.73 Å². The second kappa shape index (κ2) is 3.59. The smallest absolute Gasteiger partial charge is 0.0755 e. The highest BCUT2D eigenvalue weighted by Gasteiger charge is 2.33. The highest BCUT2D eigenvalue weighted by molar-refractivity contribution is 7.93. The minimum Gasteiger partial charge on any atom is -0.249 e. The normalized spacial score (nSPS) is 20.4. The molecule has 88 valence electrons. The lowest BCUT2D eigenvalue weighted by molar-refractivity contribution is 0.589. The summed E-state index contributed by atoms with van der Waals surface area (Å²) in [4.78, 5) is 0.697. The standard InChI is InChI=1S/C13H19NOS/c1-13(2,3)10-4-6-11(7-5-10)16(14,15)12-8-9-12/h4-7,12,14H,8-9H2,1-3H3. The van der Waals surface area contributed by atoms with Gasteiger partial charge >= 0.3 is 0 Å². The molecule has 1 fully saturated rings. The number of hydrogen-bond donors (Lipinski definition) is 1. The molecular formula is C13H19NOS. The van der Waals surface area contributed by atoms with Gasteiger partial charge in [-0.2, -0.15) is 0 Å². The highest BCUT2D eigenvalue weighted by atomic mass is 32.2. The number of rotatable bonds is 2. The molecule has 0 radical (unpaired) electrons. The van der Waals surface area contributed by atoms with Crippen LogP contribution in [0.25, 0.3) is 0 Å². The third-order valence-corrected chi connectivity index (χ3v) is 5.45. The fourth-order valence-electron chi connectivity index (χ4n) is 1.75. The molecule has 3 heteroatoms. The fraction of sp³-hybridized carbons (Fsp3) is 0.538. The molecule has 1 saturated carbocycles. The van der Waals surface area contributed by atoms with Crippen LogP contribution < -0.4 is 0 Å². The molecule has 0 spiro atoms. The van der Waals surface area contributed by atoms with Crippen LogP contribution in [0.3, 0.4) is 0 Å². The van der Waals surface area contributed by atoms with E-state index in [1.807, 2.05) is 24.3 Å². The molecule has 2 rings (SSSR count). The summed E-state index contributed by atoms with van der Waals surface area (Å²) in [6, 6.07) is 7.75. The fourth-order valence-corrected chi connectivity index (χ4v) is 3.47. The molecule has 1 aliphatic carbocycles. The van der Waals surface area contributed by atoms with Crippen molar-refractivity contribution >= 4 is 9.73 Å². The van der Waals surface area contributed by atoms with Crippen molar-refractivity contribution in [3.05, 3.63) is 29.8 Å². The van der Waals surface area contributed by atoms with Gasteiger partial charge in [0.15, 0.2) is 0 Å². The van der Waals surface area contributed by atoms with Gasteiger partial charge in [0.05, 0.1) is 9.73 Å². The lowest BCUT2D eigenvalue weighted by atomic mass is 9.87. The Morgan fingerprint density at radius 3 is 2.06 bits per heavy atom. The van der Waals surface area contributed by atoms with E-state index in [0.29, 0.717) is 4.90 Å². The van der Waals surface area contributed by atoms with Gasteiger partial charge in [-0.1, -0.05) is 32.9 Å². The van der Waals surface area contributed by atoms with E-state index in [1.165, 1.54) is 5.56 Å². The van der Waals surface area contributed by atoms with Crippen molar-refractivity contribution < 1.29 is 4.21 Å². The monoisotopic (exact) mass is 237 g/mol. The third-order valence-electron chi connectivity index (χ3n) is 3.06.